The Hall–Kier alpha value is -1.17. The smallest absolute Gasteiger partial charge is 0.353 e. The summed E-state index contributed by atoms with van der Waals surface area (Å²) in [4.78, 5) is 11.0. The van der Waals surface area contributed by atoms with Gasteiger partial charge in [0.15, 0.2) is 0 Å². The van der Waals surface area contributed by atoms with Gasteiger partial charge in [-0.1, -0.05) is 41.9 Å². The molecule has 0 aromatic heterocycles. The Kier molecular flexibility index (Phi) is 3.61. The maximum atomic E-state index is 12.0. The number of halogens is 1. The van der Waals surface area contributed by atoms with Gasteiger partial charge in [0.2, 0.25) is 6.29 Å². The lowest BCUT2D eigenvalue weighted by Crippen LogP contribution is -2.14. The van der Waals surface area contributed by atoms with Gasteiger partial charge in [-0.05, 0) is 5.56 Å². The Balaban J connectivity index is 2.19. The average Bonchev–Trinajstić information content (AvgIpc) is 2.54. The molecule has 0 amide bonds. The first-order valence-electron chi connectivity index (χ1n) is 4.80. The number of carbonyl (C=O) groups is 1. The fraction of sp³-hybridized carbons (Fsp3) is 0.182. The van der Waals surface area contributed by atoms with E-state index in [9.17, 15) is 14.1 Å². The molecular formula is C11H9ClO4S. The summed E-state index contributed by atoms with van der Waals surface area (Å²) in [6.45, 7) is 0. The summed E-state index contributed by atoms with van der Waals surface area (Å²) in [6, 6.07) is 9.08. The van der Waals surface area contributed by atoms with Crippen LogP contribution in [-0.2, 0) is 26.1 Å². The lowest BCUT2D eigenvalue weighted by Gasteiger charge is -2.06. The number of carbonyl (C=O) groups excluding carboxylic acids is 1. The predicted octanol–water partition coefficient (Wildman–Crippen LogP) is 1.26. The zero-order valence-electron chi connectivity index (χ0n) is 8.63. The van der Waals surface area contributed by atoms with Crippen LogP contribution in [0.15, 0.2) is 40.3 Å². The molecule has 0 saturated heterocycles. The molecule has 90 valence electrons. The van der Waals surface area contributed by atoms with Crippen LogP contribution in [0.1, 0.15) is 5.56 Å². The van der Waals surface area contributed by atoms with Gasteiger partial charge in [-0.25, -0.2) is 4.79 Å². The highest BCUT2D eigenvalue weighted by molar-refractivity contribution is 7.88. The predicted molar refractivity (Wildman–Crippen MR) is 63.3 cm³/mol. The summed E-state index contributed by atoms with van der Waals surface area (Å²) in [5, 5.41) is 9.11. The molecule has 0 aliphatic carbocycles. The number of hydrogen-bond donors (Lipinski definition) is 1. The van der Waals surface area contributed by atoms with Crippen molar-refractivity contribution in [2.24, 2.45) is 0 Å². The van der Waals surface area contributed by atoms with E-state index in [1.165, 1.54) is 0 Å². The van der Waals surface area contributed by atoms with Crippen LogP contribution in [0.5, 0.6) is 0 Å². The van der Waals surface area contributed by atoms with Crippen molar-refractivity contribution in [3.05, 3.63) is 45.8 Å². The largest absolute Gasteiger partial charge is 0.426 e. The lowest BCUT2D eigenvalue weighted by molar-refractivity contribution is -0.150. The number of rotatable bonds is 3. The third-order valence-electron chi connectivity index (χ3n) is 2.22. The standard InChI is InChI=1S/C11H9ClO4S/c12-8-9(11(14)16-10(8)13)17(15)6-7-4-2-1-3-5-7/h1-5,11,14H,6H2/t11-,17-/m1/s1. The van der Waals surface area contributed by atoms with Gasteiger partial charge >= 0.3 is 5.97 Å². The van der Waals surface area contributed by atoms with E-state index in [0.29, 0.717) is 0 Å². The minimum Gasteiger partial charge on any atom is -0.426 e. The van der Waals surface area contributed by atoms with Gasteiger partial charge < -0.3 is 9.84 Å². The Morgan fingerprint density at radius 3 is 2.53 bits per heavy atom. The first-order chi connectivity index (χ1) is 8.09. The molecular weight excluding hydrogens is 264 g/mol. The number of cyclic esters (lactones) is 1. The van der Waals surface area contributed by atoms with Crippen LogP contribution in [0.25, 0.3) is 0 Å². The molecule has 1 aliphatic rings. The molecule has 1 aromatic carbocycles. The number of aliphatic hydroxyl groups excluding tert-OH is 1. The van der Waals surface area contributed by atoms with Crippen LogP contribution in [0, 0.1) is 0 Å². The summed E-state index contributed by atoms with van der Waals surface area (Å²) >= 11 is 5.64. The van der Waals surface area contributed by atoms with Gasteiger partial charge in [-0.15, -0.1) is 0 Å². The maximum Gasteiger partial charge on any atom is 0.353 e. The topological polar surface area (TPSA) is 63.6 Å². The fourth-order valence-corrected chi connectivity index (χ4v) is 3.03. The molecule has 2 rings (SSSR count). The third kappa shape index (κ3) is 2.57. The second-order valence-electron chi connectivity index (χ2n) is 3.41. The molecule has 1 aromatic rings. The Morgan fingerprint density at radius 2 is 2.00 bits per heavy atom. The quantitative estimate of drug-likeness (QED) is 0.842. The second kappa shape index (κ2) is 5.00. The van der Waals surface area contributed by atoms with Crippen LogP contribution in [0.2, 0.25) is 0 Å². The number of benzene rings is 1. The van der Waals surface area contributed by atoms with E-state index in [1.54, 1.807) is 12.1 Å². The minimum absolute atomic E-state index is 0.0551. The normalized spacial score (nSPS) is 21.5. The van der Waals surface area contributed by atoms with E-state index in [4.69, 9.17) is 11.6 Å². The molecule has 1 aliphatic heterocycles. The Bertz CT molecular complexity index is 497. The van der Waals surface area contributed by atoms with Gasteiger partial charge in [-0.3, -0.25) is 4.21 Å². The molecule has 2 atom stereocenters. The fourth-order valence-electron chi connectivity index (χ4n) is 1.43. The van der Waals surface area contributed by atoms with Gasteiger partial charge in [0, 0.05) is 0 Å². The van der Waals surface area contributed by atoms with E-state index >= 15 is 0 Å². The van der Waals surface area contributed by atoms with E-state index in [1.807, 2.05) is 18.2 Å². The summed E-state index contributed by atoms with van der Waals surface area (Å²) in [6.07, 6.45) is -1.50. The molecule has 0 bridgehead atoms. The third-order valence-corrected chi connectivity index (χ3v) is 4.19. The van der Waals surface area contributed by atoms with Crippen LogP contribution >= 0.6 is 11.6 Å². The molecule has 0 radical (unpaired) electrons. The van der Waals surface area contributed by atoms with Crippen molar-refractivity contribution in [1.82, 2.24) is 0 Å². The van der Waals surface area contributed by atoms with Crippen molar-refractivity contribution in [3.63, 3.8) is 0 Å². The number of ether oxygens (including phenoxy) is 1. The van der Waals surface area contributed by atoms with Gasteiger partial charge in [0.1, 0.15) is 9.94 Å². The van der Waals surface area contributed by atoms with Crippen molar-refractivity contribution in [1.29, 1.82) is 0 Å². The second-order valence-corrected chi connectivity index (χ2v) is 5.21. The number of aliphatic hydroxyl groups is 1. The Labute approximate surface area is 105 Å². The molecule has 17 heavy (non-hydrogen) atoms. The van der Waals surface area contributed by atoms with E-state index in [-0.39, 0.29) is 15.7 Å². The molecule has 0 fully saturated rings. The van der Waals surface area contributed by atoms with E-state index in [0.717, 1.165) is 5.56 Å². The summed E-state index contributed by atoms with van der Waals surface area (Å²) in [7, 11) is -1.58. The summed E-state index contributed by atoms with van der Waals surface area (Å²) < 4.78 is 16.4. The zero-order valence-corrected chi connectivity index (χ0v) is 10.2. The van der Waals surface area contributed by atoms with Crippen molar-refractivity contribution >= 4 is 28.4 Å². The molecule has 1 N–H and O–H groups in total. The van der Waals surface area contributed by atoms with E-state index < -0.39 is 23.1 Å². The highest BCUT2D eigenvalue weighted by Crippen LogP contribution is 2.28. The van der Waals surface area contributed by atoms with Crippen LogP contribution < -0.4 is 0 Å². The van der Waals surface area contributed by atoms with Crippen molar-refractivity contribution in [2.45, 2.75) is 12.0 Å². The molecule has 0 spiro atoms. The van der Waals surface area contributed by atoms with Crippen molar-refractivity contribution < 1.29 is 18.8 Å². The maximum absolute atomic E-state index is 12.0. The number of esters is 1. The number of hydrogen-bond acceptors (Lipinski definition) is 4. The average molecular weight is 273 g/mol. The lowest BCUT2D eigenvalue weighted by atomic mass is 10.2. The first kappa shape index (κ1) is 12.3. The molecule has 6 heteroatoms. The van der Waals surface area contributed by atoms with Crippen molar-refractivity contribution in [2.75, 3.05) is 0 Å². The van der Waals surface area contributed by atoms with Gasteiger partial charge in [0.25, 0.3) is 0 Å². The Morgan fingerprint density at radius 1 is 1.35 bits per heavy atom. The van der Waals surface area contributed by atoms with Gasteiger partial charge in [-0.2, -0.15) is 0 Å². The van der Waals surface area contributed by atoms with Crippen molar-refractivity contribution in [3.8, 4) is 0 Å². The van der Waals surface area contributed by atoms with Crippen LogP contribution in [0.4, 0.5) is 0 Å². The molecule has 1 heterocycles. The minimum atomic E-state index is -1.58. The monoisotopic (exact) mass is 272 g/mol. The SMILES string of the molecule is O=C1O[C@@H](O)C([S@](=O)Cc2ccccc2)=C1Cl. The van der Waals surface area contributed by atoms with E-state index in [2.05, 4.69) is 4.74 Å². The zero-order chi connectivity index (χ0) is 12.4. The highest BCUT2D eigenvalue weighted by atomic mass is 35.5. The van der Waals surface area contributed by atoms with Crippen LogP contribution in [0.3, 0.4) is 0 Å². The summed E-state index contributed by atoms with van der Waals surface area (Å²) in [5.74, 6) is -0.657. The molecule has 0 saturated carbocycles. The highest BCUT2D eigenvalue weighted by Gasteiger charge is 2.35. The molecule has 4 nitrogen and oxygen atoms in total. The molecule has 0 unspecified atom stereocenters. The summed E-state index contributed by atoms with van der Waals surface area (Å²) in [5.41, 5.74) is 0.828. The van der Waals surface area contributed by atoms with Gasteiger partial charge in [0.05, 0.1) is 16.6 Å². The van der Waals surface area contributed by atoms with Crippen LogP contribution in [-0.4, -0.2) is 21.6 Å². The first-order valence-corrected chi connectivity index (χ1v) is 6.50.